The predicted molar refractivity (Wildman–Crippen MR) is 56.7 cm³/mol. The lowest BCUT2D eigenvalue weighted by atomic mass is 10.00. The van der Waals surface area contributed by atoms with Crippen LogP contribution in [0.1, 0.15) is 20.3 Å². The number of primary amides is 1. The molecule has 0 saturated heterocycles. The lowest BCUT2D eigenvalue weighted by molar-refractivity contribution is -0.143. The number of carbonyl (C=O) groups excluding carboxylic acids is 2. The van der Waals surface area contributed by atoms with Crippen molar-refractivity contribution in [1.29, 1.82) is 0 Å². The van der Waals surface area contributed by atoms with Crippen molar-refractivity contribution in [2.75, 3.05) is 13.6 Å². The third-order valence-corrected chi connectivity index (χ3v) is 2.30. The van der Waals surface area contributed by atoms with Crippen molar-refractivity contribution in [3.8, 4) is 0 Å². The highest BCUT2D eigenvalue weighted by atomic mass is 16.4. The number of hydrogen-bond acceptors (Lipinski definition) is 3. The highest BCUT2D eigenvalue weighted by molar-refractivity contribution is 5.87. The quantitative estimate of drug-likeness (QED) is 0.584. The summed E-state index contributed by atoms with van der Waals surface area (Å²) in [5.41, 5.74) is 3.57. The zero-order chi connectivity index (χ0) is 12.9. The van der Waals surface area contributed by atoms with E-state index in [1.807, 2.05) is 0 Å². The van der Waals surface area contributed by atoms with Gasteiger partial charge in [0.25, 0.3) is 0 Å². The van der Waals surface area contributed by atoms with Crippen LogP contribution in [0.5, 0.6) is 0 Å². The third-order valence-electron chi connectivity index (χ3n) is 2.30. The van der Waals surface area contributed by atoms with Crippen LogP contribution < -0.4 is 11.1 Å². The van der Waals surface area contributed by atoms with Gasteiger partial charge in [-0.05, 0) is 13.3 Å². The fourth-order valence-electron chi connectivity index (χ4n) is 0.930. The Kier molecular flexibility index (Phi) is 4.74. The molecule has 0 bridgehead atoms. The molecule has 1 unspecified atom stereocenters. The molecule has 0 spiro atoms. The van der Waals surface area contributed by atoms with Crippen LogP contribution in [0.4, 0.5) is 4.79 Å². The van der Waals surface area contributed by atoms with Gasteiger partial charge < -0.3 is 21.1 Å². The highest BCUT2D eigenvalue weighted by Gasteiger charge is 2.33. The number of nitrogens with two attached hydrogens (primary N) is 1. The largest absolute Gasteiger partial charge is 0.480 e. The summed E-state index contributed by atoms with van der Waals surface area (Å²) >= 11 is 0. The predicted octanol–water partition coefficient (Wildman–Crippen LogP) is -0.634. The molecule has 3 amide bonds. The fourth-order valence-corrected chi connectivity index (χ4v) is 0.930. The van der Waals surface area contributed by atoms with Gasteiger partial charge in [-0.25, -0.2) is 9.59 Å². The first-order valence-electron chi connectivity index (χ1n) is 4.78. The van der Waals surface area contributed by atoms with Gasteiger partial charge in [0.15, 0.2) is 0 Å². The van der Waals surface area contributed by atoms with Gasteiger partial charge in [0, 0.05) is 7.05 Å². The van der Waals surface area contributed by atoms with Crippen LogP contribution in [0, 0.1) is 0 Å². The number of rotatable bonds is 5. The first kappa shape index (κ1) is 14.2. The molecule has 7 nitrogen and oxygen atoms in total. The summed E-state index contributed by atoms with van der Waals surface area (Å²) in [6.07, 6.45) is 0.235. The smallest absolute Gasteiger partial charge is 0.329 e. The maximum atomic E-state index is 11.5. The van der Waals surface area contributed by atoms with Crippen molar-refractivity contribution < 1.29 is 19.5 Å². The molecular formula is C9H17N3O4. The minimum absolute atomic E-state index is 0.235. The van der Waals surface area contributed by atoms with E-state index >= 15 is 0 Å². The molecule has 0 saturated carbocycles. The molecule has 0 fully saturated rings. The molecule has 16 heavy (non-hydrogen) atoms. The molecule has 7 heteroatoms. The van der Waals surface area contributed by atoms with Gasteiger partial charge >= 0.3 is 12.0 Å². The average molecular weight is 231 g/mol. The van der Waals surface area contributed by atoms with E-state index in [2.05, 4.69) is 5.32 Å². The minimum atomic E-state index is -1.34. The number of carbonyl (C=O) groups is 3. The number of carboxylic acid groups (broad SMARTS) is 1. The van der Waals surface area contributed by atoms with E-state index in [0.717, 1.165) is 4.90 Å². The van der Waals surface area contributed by atoms with E-state index in [1.54, 1.807) is 6.92 Å². The Morgan fingerprint density at radius 2 is 1.94 bits per heavy atom. The molecule has 0 heterocycles. The fraction of sp³-hybridized carbons (Fsp3) is 0.667. The van der Waals surface area contributed by atoms with Gasteiger partial charge in [-0.15, -0.1) is 0 Å². The van der Waals surface area contributed by atoms with Crippen molar-refractivity contribution in [2.24, 2.45) is 5.73 Å². The summed E-state index contributed by atoms with van der Waals surface area (Å²) in [5, 5.41) is 11.2. The number of nitrogens with zero attached hydrogens (tertiary/aromatic N) is 1. The van der Waals surface area contributed by atoms with Crippen molar-refractivity contribution in [1.82, 2.24) is 10.2 Å². The normalized spacial score (nSPS) is 13.7. The maximum Gasteiger partial charge on any atom is 0.329 e. The summed E-state index contributed by atoms with van der Waals surface area (Å²) < 4.78 is 0. The number of hydrogen-bond donors (Lipinski definition) is 3. The summed E-state index contributed by atoms with van der Waals surface area (Å²) in [7, 11) is 1.36. The van der Waals surface area contributed by atoms with E-state index < -0.39 is 23.4 Å². The average Bonchev–Trinajstić information content (AvgIpc) is 2.16. The van der Waals surface area contributed by atoms with E-state index in [-0.39, 0.29) is 13.0 Å². The Bertz CT molecular complexity index is 305. The first-order chi connectivity index (χ1) is 7.23. The second-order valence-electron chi connectivity index (χ2n) is 3.74. The molecule has 92 valence electrons. The standard InChI is InChI=1S/C9H17N3O4/c1-4-9(2,7(14)15)11-8(16)12(3)5-6(10)13/h4-5H2,1-3H3,(H2,10,13)(H,11,16)(H,14,15). The van der Waals surface area contributed by atoms with Crippen molar-refractivity contribution in [3.63, 3.8) is 0 Å². The third kappa shape index (κ3) is 3.76. The number of carboxylic acids is 1. The molecule has 0 aliphatic carbocycles. The maximum absolute atomic E-state index is 11.5. The highest BCUT2D eigenvalue weighted by Crippen LogP contribution is 2.09. The molecule has 0 rings (SSSR count). The Hall–Kier alpha value is -1.79. The second-order valence-corrected chi connectivity index (χ2v) is 3.74. The van der Waals surface area contributed by atoms with Gasteiger partial charge in [-0.1, -0.05) is 6.92 Å². The van der Waals surface area contributed by atoms with Gasteiger partial charge in [0.1, 0.15) is 12.1 Å². The van der Waals surface area contributed by atoms with Crippen LogP contribution in [0.25, 0.3) is 0 Å². The molecule has 0 aromatic carbocycles. The summed E-state index contributed by atoms with van der Waals surface area (Å²) in [6.45, 7) is 2.78. The van der Waals surface area contributed by atoms with Crippen LogP contribution in [-0.4, -0.2) is 47.0 Å². The van der Waals surface area contributed by atoms with E-state index in [1.165, 1.54) is 14.0 Å². The zero-order valence-electron chi connectivity index (χ0n) is 9.61. The topological polar surface area (TPSA) is 113 Å². The van der Waals surface area contributed by atoms with Crippen LogP contribution in [0.15, 0.2) is 0 Å². The van der Waals surface area contributed by atoms with E-state index in [0.29, 0.717) is 0 Å². The summed E-state index contributed by atoms with van der Waals surface area (Å²) in [5.74, 6) is -1.79. The Morgan fingerprint density at radius 3 is 2.25 bits per heavy atom. The number of urea groups is 1. The summed E-state index contributed by atoms with van der Waals surface area (Å²) in [6, 6.07) is -0.648. The van der Waals surface area contributed by atoms with Crippen molar-refractivity contribution >= 4 is 17.9 Å². The van der Waals surface area contributed by atoms with E-state index in [9.17, 15) is 14.4 Å². The van der Waals surface area contributed by atoms with Gasteiger partial charge in [-0.3, -0.25) is 4.79 Å². The van der Waals surface area contributed by atoms with Gasteiger partial charge in [-0.2, -0.15) is 0 Å². The van der Waals surface area contributed by atoms with Crippen LogP contribution in [0.2, 0.25) is 0 Å². The number of nitrogens with one attached hydrogen (secondary N) is 1. The van der Waals surface area contributed by atoms with Crippen molar-refractivity contribution in [2.45, 2.75) is 25.8 Å². The molecule has 0 aliphatic heterocycles. The van der Waals surface area contributed by atoms with Gasteiger partial charge in [0.05, 0.1) is 0 Å². The molecule has 0 radical (unpaired) electrons. The monoisotopic (exact) mass is 231 g/mol. The van der Waals surface area contributed by atoms with Crippen LogP contribution in [-0.2, 0) is 9.59 Å². The number of aliphatic carboxylic acids is 1. The summed E-state index contributed by atoms with van der Waals surface area (Å²) in [4.78, 5) is 34.0. The van der Waals surface area contributed by atoms with Crippen LogP contribution in [0.3, 0.4) is 0 Å². The molecule has 0 aromatic heterocycles. The minimum Gasteiger partial charge on any atom is -0.480 e. The van der Waals surface area contributed by atoms with Gasteiger partial charge in [0.2, 0.25) is 5.91 Å². The lowest BCUT2D eigenvalue weighted by Crippen LogP contribution is -2.55. The molecule has 4 N–H and O–H groups in total. The SMILES string of the molecule is CCC(C)(NC(=O)N(C)CC(N)=O)C(=O)O. The molecule has 0 aliphatic rings. The molecule has 0 aromatic rings. The lowest BCUT2D eigenvalue weighted by Gasteiger charge is -2.27. The number of likely N-dealkylation sites (N-methyl/N-ethyl adjacent to an activating group) is 1. The second kappa shape index (κ2) is 5.34. The molecular weight excluding hydrogens is 214 g/mol. The number of amides is 3. The Labute approximate surface area is 93.6 Å². The first-order valence-corrected chi connectivity index (χ1v) is 4.78. The zero-order valence-corrected chi connectivity index (χ0v) is 9.61. The Morgan fingerprint density at radius 1 is 1.44 bits per heavy atom. The molecule has 1 atom stereocenters. The Balaban J connectivity index is 4.53. The van der Waals surface area contributed by atoms with Crippen molar-refractivity contribution in [3.05, 3.63) is 0 Å². The van der Waals surface area contributed by atoms with Crippen LogP contribution >= 0.6 is 0 Å². The van der Waals surface area contributed by atoms with E-state index in [4.69, 9.17) is 10.8 Å².